The van der Waals surface area contributed by atoms with E-state index >= 15 is 0 Å². The van der Waals surface area contributed by atoms with Gasteiger partial charge in [0.1, 0.15) is 18.0 Å². The van der Waals surface area contributed by atoms with E-state index in [4.69, 9.17) is 9.47 Å². The number of nitrogens with one attached hydrogen (secondary N) is 1. The summed E-state index contributed by atoms with van der Waals surface area (Å²) in [5.74, 6) is 1.50. The van der Waals surface area contributed by atoms with Crippen LogP contribution in [0.15, 0.2) is 18.2 Å². The molecule has 174 valence electrons. The Kier molecular flexibility index (Phi) is 6.09. The molecule has 0 spiro atoms. The Labute approximate surface area is 188 Å². The number of carbonyl (C=O) groups excluding carboxylic acids is 2. The third kappa shape index (κ3) is 4.63. The van der Waals surface area contributed by atoms with Crippen molar-refractivity contribution in [3.8, 4) is 5.75 Å². The van der Waals surface area contributed by atoms with Gasteiger partial charge in [-0.05, 0) is 50.4 Å². The van der Waals surface area contributed by atoms with E-state index in [0.29, 0.717) is 25.2 Å². The molecule has 0 aromatic heterocycles. The number of ether oxygens (including phenoxy) is 2. The summed E-state index contributed by atoms with van der Waals surface area (Å²) in [7, 11) is 2.07. The van der Waals surface area contributed by atoms with Gasteiger partial charge >= 0.3 is 0 Å². The number of rotatable bonds is 6. The predicted octanol–water partition coefficient (Wildman–Crippen LogP) is 1.58. The number of hydrogen-bond acceptors (Lipinski definition) is 6. The maximum absolute atomic E-state index is 12.9. The van der Waals surface area contributed by atoms with E-state index in [0.717, 1.165) is 56.0 Å². The van der Waals surface area contributed by atoms with Crippen molar-refractivity contribution in [1.82, 2.24) is 9.80 Å². The molecule has 0 unspecified atom stereocenters. The van der Waals surface area contributed by atoms with Crippen LogP contribution < -0.4 is 10.1 Å². The van der Waals surface area contributed by atoms with Crippen molar-refractivity contribution >= 4 is 17.5 Å². The van der Waals surface area contributed by atoms with Crippen LogP contribution in [0.1, 0.15) is 43.6 Å². The molecule has 3 aliphatic heterocycles. The highest BCUT2D eigenvalue weighted by Crippen LogP contribution is 2.47. The van der Waals surface area contributed by atoms with Gasteiger partial charge in [-0.25, -0.2) is 0 Å². The fraction of sp³-hybridized carbons (Fsp3) is 0.667. The first-order valence-electron chi connectivity index (χ1n) is 11.8. The number of nitrogens with zero attached hydrogens (tertiary/aromatic N) is 2. The van der Waals surface area contributed by atoms with Crippen LogP contribution in [-0.4, -0.2) is 84.9 Å². The first-order chi connectivity index (χ1) is 15.5. The summed E-state index contributed by atoms with van der Waals surface area (Å²) in [5, 5.41) is 13.0. The Balaban J connectivity index is 1.27. The number of fused-ring (bicyclic) bond motifs is 3. The fourth-order valence-corrected chi connectivity index (χ4v) is 5.14. The third-order valence-corrected chi connectivity index (χ3v) is 7.21. The lowest BCUT2D eigenvalue weighted by atomic mass is 9.84. The van der Waals surface area contributed by atoms with Crippen molar-refractivity contribution in [2.75, 3.05) is 45.2 Å². The van der Waals surface area contributed by atoms with Crippen molar-refractivity contribution in [2.45, 2.75) is 56.3 Å². The Morgan fingerprint density at radius 1 is 1.16 bits per heavy atom. The zero-order valence-electron chi connectivity index (χ0n) is 18.7. The van der Waals surface area contributed by atoms with Crippen LogP contribution in [-0.2, 0) is 14.3 Å². The molecule has 2 saturated heterocycles. The number of benzene rings is 1. The Morgan fingerprint density at radius 2 is 1.94 bits per heavy atom. The van der Waals surface area contributed by atoms with Crippen molar-refractivity contribution in [1.29, 1.82) is 0 Å². The van der Waals surface area contributed by atoms with Crippen LogP contribution in [0.4, 0.5) is 5.69 Å². The minimum atomic E-state index is -0.473. The second kappa shape index (κ2) is 9.00. The normalized spacial score (nSPS) is 29.8. The molecule has 1 aromatic rings. The summed E-state index contributed by atoms with van der Waals surface area (Å²) in [6, 6.07) is 5.74. The molecule has 3 heterocycles. The standard InChI is InChI=1S/C24H33N3O5/c1-26-6-8-27(9-7-26)23(30)13-17-12-19-18-11-16(25-22(29)10-15-2-3-15)4-5-20(18)32-24(19)21(14-28)31-17/h4-5,11,15,17,19,21,24,28H,2-3,6-10,12-14H2,1H3,(H,25,29)/t17-,19+,21+,24-/m1/s1. The molecule has 8 heteroatoms. The van der Waals surface area contributed by atoms with Gasteiger partial charge in [-0.15, -0.1) is 0 Å². The van der Waals surface area contributed by atoms with Gasteiger partial charge in [0.25, 0.3) is 0 Å². The van der Waals surface area contributed by atoms with Gasteiger partial charge in [0, 0.05) is 49.8 Å². The van der Waals surface area contributed by atoms with Gasteiger partial charge in [0.15, 0.2) is 0 Å². The maximum atomic E-state index is 12.9. The van der Waals surface area contributed by atoms with Crippen molar-refractivity contribution in [3.63, 3.8) is 0 Å². The summed E-state index contributed by atoms with van der Waals surface area (Å²) in [6.07, 6.45) is 2.84. The molecule has 5 rings (SSSR count). The topological polar surface area (TPSA) is 91.3 Å². The molecular weight excluding hydrogens is 410 g/mol. The van der Waals surface area contributed by atoms with Crippen LogP contribution >= 0.6 is 0 Å². The van der Waals surface area contributed by atoms with E-state index < -0.39 is 6.10 Å². The van der Waals surface area contributed by atoms with E-state index in [1.54, 1.807) is 0 Å². The Hall–Kier alpha value is -2.16. The molecule has 4 aliphatic rings. The molecule has 3 fully saturated rings. The van der Waals surface area contributed by atoms with Gasteiger partial charge in [-0.2, -0.15) is 0 Å². The predicted molar refractivity (Wildman–Crippen MR) is 119 cm³/mol. The highest BCUT2D eigenvalue weighted by Gasteiger charge is 2.46. The highest BCUT2D eigenvalue weighted by molar-refractivity contribution is 5.91. The summed E-state index contributed by atoms with van der Waals surface area (Å²) in [5.41, 5.74) is 1.80. The van der Waals surface area contributed by atoms with Gasteiger partial charge in [0.2, 0.25) is 11.8 Å². The fourth-order valence-electron chi connectivity index (χ4n) is 5.14. The highest BCUT2D eigenvalue weighted by atomic mass is 16.6. The summed E-state index contributed by atoms with van der Waals surface area (Å²) >= 11 is 0. The first kappa shape index (κ1) is 21.7. The molecule has 2 N–H and O–H groups in total. The molecule has 32 heavy (non-hydrogen) atoms. The van der Waals surface area contributed by atoms with Crippen molar-refractivity contribution in [3.05, 3.63) is 23.8 Å². The summed E-state index contributed by atoms with van der Waals surface area (Å²) in [4.78, 5) is 29.2. The quantitative estimate of drug-likeness (QED) is 0.694. The average Bonchev–Trinajstić information content (AvgIpc) is 3.52. The molecule has 0 radical (unpaired) electrons. The summed E-state index contributed by atoms with van der Waals surface area (Å²) < 4.78 is 12.2. The smallest absolute Gasteiger partial charge is 0.225 e. The van der Waals surface area contributed by atoms with Gasteiger partial charge in [0.05, 0.1) is 19.1 Å². The van der Waals surface area contributed by atoms with Gasteiger partial charge < -0.3 is 29.7 Å². The zero-order valence-corrected chi connectivity index (χ0v) is 18.7. The molecule has 1 aromatic carbocycles. The Bertz CT molecular complexity index is 865. The number of piperazine rings is 1. The maximum Gasteiger partial charge on any atom is 0.225 e. The molecule has 4 atom stereocenters. The third-order valence-electron chi connectivity index (χ3n) is 7.21. The second-order valence-electron chi connectivity index (χ2n) is 9.74. The minimum absolute atomic E-state index is 0.0291. The van der Waals surface area contributed by atoms with E-state index in [9.17, 15) is 14.7 Å². The number of likely N-dealkylation sites (N-methyl/N-ethyl adjacent to an activating group) is 1. The molecule has 1 saturated carbocycles. The van der Waals surface area contributed by atoms with Crippen molar-refractivity contribution < 1.29 is 24.2 Å². The lowest BCUT2D eigenvalue weighted by Crippen LogP contribution is -2.50. The van der Waals surface area contributed by atoms with Crippen LogP contribution in [0.5, 0.6) is 5.75 Å². The second-order valence-corrected chi connectivity index (χ2v) is 9.74. The van der Waals surface area contributed by atoms with E-state index in [-0.39, 0.29) is 36.5 Å². The minimum Gasteiger partial charge on any atom is -0.487 e. The van der Waals surface area contributed by atoms with Crippen LogP contribution in [0.2, 0.25) is 0 Å². The number of amides is 2. The number of aliphatic hydroxyl groups is 1. The van der Waals surface area contributed by atoms with Crippen LogP contribution in [0, 0.1) is 5.92 Å². The number of hydrogen-bond donors (Lipinski definition) is 2. The Morgan fingerprint density at radius 3 is 2.66 bits per heavy atom. The molecular formula is C24H33N3O5. The number of aliphatic hydroxyl groups excluding tert-OH is 1. The van der Waals surface area contributed by atoms with Gasteiger partial charge in [-0.1, -0.05) is 0 Å². The van der Waals surface area contributed by atoms with Crippen LogP contribution in [0.25, 0.3) is 0 Å². The average molecular weight is 444 g/mol. The number of carbonyl (C=O) groups is 2. The SMILES string of the molecule is CN1CCN(C(=O)C[C@H]2C[C@H]3c4cc(NC(=O)CC5CC5)ccc4O[C@H]3[C@H](CO)O2)CC1. The van der Waals surface area contributed by atoms with Crippen molar-refractivity contribution in [2.24, 2.45) is 5.92 Å². The first-order valence-corrected chi connectivity index (χ1v) is 11.8. The lowest BCUT2D eigenvalue weighted by molar-refractivity contribution is -0.150. The van der Waals surface area contributed by atoms with Gasteiger partial charge in [-0.3, -0.25) is 9.59 Å². The lowest BCUT2D eigenvalue weighted by Gasteiger charge is -2.38. The van der Waals surface area contributed by atoms with E-state index in [1.165, 1.54) is 0 Å². The summed E-state index contributed by atoms with van der Waals surface area (Å²) in [6.45, 7) is 3.11. The molecule has 8 nitrogen and oxygen atoms in total. The molecule has 0 bridgehead atoms. The largest absolute Gasteiger partial charge is 0.487 e. The van der Waals surface area contributed by atoms with E-state index in [1.807, 2.05) is 23.1 Å². The molecule has 1 aliphatic carbocycles. The monoisotopic (exact) mass is 443 g/mol. The van der Waals surface area contributed by atoms with Crippen LogP contribution in [0.3, 0.4) is 0 Å². The zero-order chi connectivity index (χ0) is 22.2. The van der Waals surface area contributed by atoms with E-state index in [2.05, 4.69) is 17.3 Å². The number of anilines is 1. The molecule has 2 amide bonds.